The Balaban J connectivity index is 1.89. The molecule has 0 saturated heterocycles. The molecule has 6 heteroatoms. The van der Waals surface area contributed by atoms with Gasteiger partial charge in [0.2, 0.25) is 0 Å². The molecule has 2 aliphatic heterocycles. The zero-order valence-electron chi connectivity index (χ0n) is 14.8. The van der Waals surface area contributed by atoms with E-state index in [1.54, 1.807) is 13.8 Å². The fourth-order valence-electron chi connectivity index (χ4n) is 3.55. The summed E-state index contributed by atoms with van der Waals surface area (Å²) in [5.74, 6) is -0.660. The Morgan fingerprint density at radius 3 is 1.62 bits per heavy atom. The zero-order valence-corrected chi connectivity index (χ0v) is 14.8. The van der Waals surface area contributed by atoms with Crippen molar-refractivity contribution < 1.29 is 19.1 Å². The molecule has 26 heavy (non-hydrogen) atoms. The van der Waals surface area contributed by atoms with Gasteiger partial charge in [-0.1, -0.05) is 12.2 Å². The topological polar surface area (TPSA) is 62.5 Å². The maximum absolute atomic E-state index is 12.4. The molecule has 0 N–H and O–H groups in total. The Kier molecular flexibility index (Phi) is 4.03. The summed E-state index contributed by atoms with van der Waals surface area (Å²) < 4.78 is 14.5. The number of carbonyl (C=O) groups excluding carboxylic acids is 2. The second kappa shape index (κ2) is 6.37. The van der Waals surface area contributed by atoms with Gasteiger partial charge in [-0.2, -0.15) is 0 Å². The lowest BCUT2D eigenvalue weighted by molar-refractivity contribution is -0.137. The third-order valence-electron chi connectivity index (χ3n) is 4.64. The van der Waals surface area contributed by atoms with Crippen LogP contribution in [0.3, 0.4) is 0 Å². The average molecular weight is 352 g/mol. The Bertz CT molecular complexity index is 880. The van der Waals surface area contributed by atoms with E-state index in [-0.39, 0.29) is 11.9 Å². The highest BCUT2D eigenvalue weighted by Gasteiger charge is 2.29. The number of allylic oxidation sites excluding steroid dienone is 2. The van der Waals surface area contributed by atoms with E-state index in [1.807, 2.05) is 45.8 Å². The Morgan fingerprint density at radius 1 is 0.808 bits per heavy atom. The van der Waals surface area contributed by atoms with E-state index >= 15 is 0 Å². The smallest absolute Gasteiger partial charge is 0.340 e. The quantitative estimate of drug-likeness (QED) is 0.794. The number of carbonyl (C=O) groups is 2. The molecule has 2 aromatic heterocycles. The highest BCUT2D eigenvalue weighted by atomic mass is 16.5. The van der Waals surface area contributed by atoms with Gasteiger partial charge in [0.15, 0.2) is 0 Å². The fraction of sp³-hybridized carbons (Fsp3) is 0.300. The van der Waals surface area contributed by atoms with Gasteiger partial charge in [-0.3, -0.25) is 9.35 Å². The molecule has 0 aromatic carbocycles. The Morgan fingerprint density at radius 2 is 1.23 bits per heavy atom. The molecular weight excluding hydrogens is 332 g/mol. The highest BCUT2D eigenvalue weighted by molar-refractivity contribution is 6.17. The first-order chi connectivity index (χ1) is 12.7. The van der Waals surface area contributed by atoms with Crippen LogP contribution in [0.2, 0.25) is 0 Å². The lowest BCUT2D eigenvalue weighted by atomic mass is 10.1. The third kappa shape index (κ3) is 2.41. The van der Waals surface area contributed by atoms with Crippen LogP contribution in [-0.4, -0.2) is 34.5 Å². The Labute approximate surface area is 151 Å². The minimum absolute atomic E-state index is 0.329. The van der Waals surface area contributed by atoms with Crippen LogP contribution in [0.5, 0.6) is 0 Å². The van der Waals surface area contributed by atoms with E-state index in [4.69, 9.17) is 9.47 Å². The molecule has 0 saturated carbocycles. The van der Waals surface area contributed by atoms with Crippen molar-refractivity contribution in [3.8, 4) is 0 Å². The van der Waals surface area contributed by atoms with Gasteiger partial charge in [-0.05, 0) is 38.1 Å². The molecular formula is C20H20N2O4. The number of hydrogen-bond acceptors (Lipinski definition) is 4. The molecule has 0 unspecified atom stereocenters. The molecule has 0 spiro atoms. The predicted octanol–water partition coefficient (Wildman–Crippen LogP) is 2.61. The van der Waals surface area contributed by atoms with Gasteiger partial charge in [0, 0.05) is 24.2 Å². The van der Waals surface area contributed by atoms with Crippen LogP contribution in [0.1, 0.15) is 36.6 Å². The molecule has 4 rings (SSSR count). The minimum atomic E-state index is -0.330. The molecule has 0 bridgehead atoms. The fourth-order valence-corrected chi connectivity index (χ4v) is 3.55. The maximum Gasteiger partial charge on any atom is 0.340 e. The monoisotopic (exact) mass is 352 g/mol. The largest absolute Gasteiger partial charge is 0.462 e. The highest BCUT2D eigenvalue weighted by Crippen LogP contribution is 2.32. The van der Waals surface area contributed by atoms with Crippen molar-refractivity contribution in [2.45, 2.75) is 26.7 Å². The minimum Gasteiger partial charge on any atom is -0.462 e. The summed E-state index contributed by atoms with van der Waals surface area (Å²) in [5.41, 5.74) is 4.63. The van der Waals surface area contributed by atoms with Crippen LogP contribution >= 0.6 is 0 Å². The third-order valence-corrected chi connectivity index (χ3v) is 4.64. The molecule has 0 radical (unpaired) electrons. The van der Waals surface area contributed by atoms with Gasteiger partial charge in [0.25, 0.3) is 0 Å². The van der Waals surface area contributed by atoms with E-state index in [0.29, 0.717) is 37.2 Å². The average Bonchev–Trinajstić information content (AvgIpc) is 3.12. The summed E-state index contributed by atoms with van der Waals surface area (Å²) >= 11 is 0. The van der Waals surface area contributed by atoms with Gasteiger partial charge >= 0.3 is 11.9 Å². The standard InChI is InChI=1S/C20H20N2O4/c1-3-25-19(23)15-9-5-13-8-12-18-16(20(24)26-4-2)10-6-14-7-11-17(15)21(14)22(13)18/h7-12H,3-6H2,1-2H3. The van der Waals surface area contributed by atoms with E-state index in [0.717, 1.165) is 22.8 Å². The SMILES string of the molecule is CCOC(=O)C1=CCc2ccc3n2-n2c(ccc21)CC=C3C(=O)OCC. The summed E-state index contributed by atoms with van der Waals surface area (Å²) in [6, 6.07) is 7.82. The summed E-state index contributed by atoms with van der Waals surface area (Å²) in [5, 5.41) is 0. The van der Waals surface area contributed by atoms with Gasteiger partial charge in [-0.25, -0.2) is 9.59 Å². The van der Waals surface area contributed by atoms with Crippen molar-refractivity contribution in [3.05, 3.63) is 59.2 Å². The first kappa shape index (κ1) is 16.4. The van der Waals surface area contributed by atoms with Crippen LogP contribution in [0.15, 0.2) is 36.4 Å². The zero-order chi connectivity index (χ0) is 18.3. The van der Waals surface area contributed by atoms with Crippen molar-refractivity contribution in [2.75, 3.05) is 13.2 Å². The van der Waals surface area contributed by atoms with E-state index in [9.17, 15) is 9.59 Å². The molecule has 0 atom stereocenters. The number of ether oxygens (including phenoxy) is 2. The van der Waals surface area contributed by atoms with Crippen LogP contribution in [0, 0.1) is 0 Å². The molecule has 134 valence electrons. The van der Waals surface area contributed by atoms with E-state index < -0.39 is 0 Å². The second-order valence-electron chi connectivity index (χ2n) is 6.13. The summed E-state index contributed by atoms with van der Waals surface area (Å²) in [7, 11) is 0. The van der Waals surface area contributed by atoms with Gasteiger partial charge in [-0.15, -0.1) is 0 Å². The number of aromatic nitrogens is 2. The van der Waals surface area contributed by atoms with Crippen molar-refractivity contribution in [2.24, 2.45) is 0 Å². The molecule has 0 fully saturated rings. The molecule has 2 aromatic rings. The van der Waals surface area contributed by atoms with Crippen LogP contribution in [0.25, 0.3) is 11.1 Å². The molecule has 4 heterocycles. The van der Waals surface area contributed by atoms with Crippen molar-refractivity contribution in [3.63, 3.8) is 0 Å². The summed E-state index contributed by atoms with van der Waals surface area (Å²) in [6.45, 7) is 4.25. The lowest BCUT2D eigenvalue weighted by Gasteiger charge is -2.17. The number of esters is 2. The summed E-state index contributed by atoms with van der Waals surface area (Å²) in [4.78, 5) is 24.9. The van der Waals surface area contributed by atoms with Crippen molar-refractivity contribution >= 4 is 23.1 Å². The first-order valence-electron chi connectivity index (χ1n) is 8.82. The van der Waals surface area contributed by atoms with Gasteiger partial charge in [0.1, 0.15) is 0 Å². The normalized spacial score (nSPS) is 14.5. The molecule has 6 nitrogen and oxygen atoms in total. The number of nitrogens with zero attached hydrogens (tertiary/aromatic N) is 2. The van der Waals surface area contributed by atoms with Gasteiger partial charge in [0.05, 0.1) is 35.7 Å². The van der Waals surface area contributed by atoms with E-state index in [1.165, 1.54) is 0 Å². The molecule has 0 amide bonds. The predicted molar refractivity (Wildman–Crippen MR) is 96.3 cm³/mol. The second-order valence-corrected chi connectivity index (χ2v) is 6.13. The summed E-state index contributed by atoms with van der Waals surface area (Å²) in [6.07, 6.45) is 4.94. The van der Waals surface area contributed by atoms with Crippen LogP contribution < -0.4 is 0 Å². The number of rotatable bonds is 4. The lowest BCUT2D eigenvalue weighted by Crippen LogP contribution is -2.19. The van der Waals surface area contributed by atoms with Gasteiger partial charge < -0.3 is 9.47 Å². The first-order valence-corrected chi connectivity index (χ1v) is 8.82. The molecule has 2 aliphatic rings. The number of hydrogen-bond donors (Lipinski definition) is 0. The van der Waals surface area contributed by atoms with Crippen molar-refractivity contribution in [1.29, 1.82) is 0 Å². The molecule has 0 aliphatic carbocycles. The van der Waals surface area contributed by atoms with Crippen molar-refractivity contribution in [1.82, 2.24) is 9.35 Å². The maximum atomic E-state index is 12.4. The van der Waals surface area contributed by atoms with Crippen LogP contribution in [-0.2, 0) is 31.9 Å². The Hall–Kier alpha value is -3.02. The van der Waals surface area contributed by atoms with E-state index in [2.05, 4.69) is 0 Å². The van der Waals surface area contributed by atoms with Crippen LogP contribution in [0.4, 0.5) is 0 Å².